The van der Waals surface area contributed by atoms with E-state index in [1.807, 2.05) is 37.1 Å². The van der Waals surface area contributed by atoms with Gasteiger partial charge >= 0.3 is 0 Å². The van der Waals surface area contributed by atoms with Gasteiger partial charge in [0.2, 0.25) is 12.2 Å². The van der Waals surface area contributed by atoms with E-state index in [1.54, 1.807) is 29.6 Å². The quantitative estimate of drug-likeness (QED) is 0.127. The van der Waals surface area contributed by atoms with Crippen LogP contribution in [-0.4, -0.2) is 55.6 Å². The molecule has 0 saturated carbocycles. The summed E-state index contributed by atoms with van der Waals surface area (Å²) in [4.78, 5) is 36.1. The predicted molar refractivity (Wildman–Crippen MR) is 150 cm³/mol. The summed E-state index contributed by atoms with van der Waals surface area (Å²) in [5, 5.41) is 8.79. The van der Waals surface area contributed by atoms with Gasteiger partial charge in [-0.3, -0.25) is 25.7 Å². The van der Waals surface area contributed by atoms with Crippen LogP contribution in [-0.2, 0) is 16.1 Å². The molecule has 0 spiro atoms. The summed E-state index contributed by atoms with van der Waals surface area (Å²) >= 11 is 6.47. The maximum absolute atomic E-state index is 13.0. The SMILES string of the molecule is Cc1ccc([C@@H]2NC3=C(Nc4ccc(Cl)c(CN(C)CCN(C)N)c4C=O)C(=O)C3=CC2(C)C)o1.NNC=O. The second-order valence-corrected chi connectivity index (χ2v) is 10.6. The number of amides is 1. The predicted octanol–water partition coefficient (Wildman–Crippen LogP) is 2.40. The topological polar surface area (TPSA) is 159 Å². The van der Waals surface area contributed by atoms with Crippen LogP contribution in [0.1, 0.15) is 47.3 Å². The Morgan fingerprint density at radius 3 is 2.44 bits per heavy atom. The first-order valence-electron chi connectivity index (χ1n) is 12.4. The number of likely N-dealkylation sites (N-methyl/N-ethyl adjacent to an activating group) is 2. The van der Waals surface area contributed by atoms with E-state index in [0.29, 0.717) is 59.2 Å². The molecule has 0 saturated heterocycles. The number of nitrogens with zero attached hydrogens (tertiary/aromatic N) is 2. The minimum Gasteiger partial charge on any atom is -0.464 e. The van der Waals surface area contributed by atoms with E-state index in [0.717, 1.165) is 23.5 Å². The van der Waals surface area contributed by atoms with Crippen molar-refractivity contribution in [2.24, 2.45) is 17.1 Å². The van der Waals surface area contributed by atoms with Crippen LogP contribution in [0.2, 0.25) is 5.02 Å². The van der Waals surface area contributed by atoms with E-state index in [9.17, 15) is 9.59 Å². The number of ketones is 1. The van der Waals surface area contributed by atoms with Gasteiger partial charge in [-0.15, -0.1) is 0 Å². The van der Waals surface area contributed by atoms with Gasteiger partial charge in [-0.05, 0) is 43.8 Å². The summed E-state index contributed by atoms with van der Waals surface area (Å²) in [6.45, 7) is 7.88. The van der Waals surface area contributed by atoms with Crippen LogP contribution in [0.25, 0.3) is 0 Å². The fraction of sp³-hybridized carbons (Fsp3) is 0.370. The fourth-order valence-electron chi connectivity index (χ4n) is 4.53. The molecule has 2 aromatic rings. The Bertz CT molecular complexity index is 1300. The van der Waals surface area contributed by atoms with E-state index in [4.69, 9.17) is 26.7 Å². The number of aldehydes is 1. The van der Waals surface area contributed by atoms with Crippen molar-refractivity contribution in [3.05, 3.63) is 75.0 Å². The molecule has 7 N–H and O–H groups in total. The molecule has 12 heteroatoms. The lowest BCUT2D eigenvalue weighted by Gasteiger charge is -2.42. The lowest BCUT2D eigenvalue weighted by atomic mass is 9.73. The van der Waals surface area contributed by atoms with E-state index >= 15 is 0 Å². The summed E-state index contributed by atoms with van der Waals surface area (Å²) in [6.07, 6.45) is 3.18. The van der Waals surface area contributed by atoms with Crippen LogP contribution >= 0.6 is 11.6 Å². The molecule has 0 unspecified atom stereocenters. The maximum Gasteiger partial charge on any atom is 0.221 e. The molecule has 1 amide bonds. The number of furan rings is 1. The second-order valence-electron chi connectivity index (χ2n) is 10.2. The lowest BCUT2D eigenvalue weighted by Crippen LogP contribution is -2.45. The molecular formula is C27H36ClN7O4. The highest BCUT2D eigenvalue weighted by molar-refractivity contribution is 6.32. The van der Waals surface area contributed by atoms with E-state index in [-0.39, 0.29) is 17.2 Å². The third-order valence-electron chi connectivity index (χ3n) is 6.59. The molecular weight excluding hydrogens is 522 g/mol. The van der Waals surface area contributed by atoms with Crippen molar-refractivity contribution >= 4 is 35.8 Å². The molecule has 210 valence electrons. The summed E-state index contributed by atoms with van der Waals surface area (Å²) in [6, 6.07) is 7.22. The number of hydrazine groups is 2. The highest BCUT2D eigenvalue weighted by Crippen LogP contribution is 2.46. The molecule has 0 bridgehead atoms. The first kappa shape index (κ1) is 30.1. The average molecular weight is 558 g/mol. The number of anilines is 1. The van der Waals surface area contributed by atoms with Crippen molar-refractivity contribution in [1.29, 1.82) is 0 Å². The van der Waals surface area contributed by atoms with Gasteiger partial charge in [0.15, 0.2) is 6.29 Å². The summed E-state index contributed by atoms with van der Waals surface area (Å²) in [7, 11) is 3.74. The molecule has 1 aromatic heterocycles. The number of nitrogens with one attached hydrogen (secondary N) is 3. The Kier molecular flexibility index (Phi) is 9.70. The van der Waals surface area contributed by atoms with Crippen LogP contribution in [0.3, 0.4) is 0 Å². The van der Waals surface area contributed by atoms with Crippen LogP contribution in [0, 0.1) is 12.3 Å². The monoisotopic (exact) mass is 557 g/mol. The molecule has 2 heterocycles. The van der Waals surface area contributed by atoms with Gasteiger partial charge in [-0.25, -0.2) is 10.9 Å². The highest BCUT2D eigenvalue weighted by Gasteiger charge is 2.45. The van der Waals surface area contributed by atoms with E-state index in [2.05, 4.69) is 30.3 Å². The number of halogens is 1. The van der Waals surface area contributed by atoms with Crippen molar-refractivity contribution in [3.8, 4) is 0 Å². The number of rotatable bonds is 10. The Balaban J connectivity index is 0.000000983. The number of fused-ring (bicyclic) bond motifs is 1. The smallest absolute Gasteiger partial charge is 0.221 e. The maximum atomic E-state index is 13.0. The number of hydrogen-bond acceptors (Lipinski definition) is 10. The molecule has 0 fully saturated rings. The number of aryl methyl sites for hydroxylation is 1. The summed E-state index contributed by atoms with van der Waals surface area (Å²) < 4.78 is 5.89. The molecule has 1 aromatic carbocycles. The zero-order valence-corrected chi connectivity index (χ0v) is 23.6. The second kappa shape index (κ2) is 12.6. The van der Waals surface area contributed by atoms with Gasteiger partial charge < -0.3 is 20.0 Å². The first-order valence-corrected chi connectivity index (χ1v) is 12.7. The highest BCUT2D eigenvalue weighted by atomic mass is 35.5. The van der Waals surface area contributed by atoms with Gasteiger partial charge in [-0.2, -0.15) is 0 Å². The Morgan fingerprint density at radius 1 is 1.18 bits per heavy atom. The van der Waals surface area contributed by atoms with Crippen LogP contribution < -0.4 is 27.7 Å². The largest absolute Gasteiger partial charge is 0.464 e. The zero-order chi connectivity index (χ0) is 28.9. The third-order valence-corrected chi connectivity index (χ3v) is 6.95. The number of hydrogen-bond donors (Lipinski definition) is 5. The van der Waals surface area contributed by atoms with Crippen molar-refractivity contribution in [2.75, 3.05) is 32.5 Å². The molecule has 39 heavy (non-hydrogen) atoms. The number of allylic oxidation sites excluding steroid dienone is 2. The van der Waals surface area contributed by atoms with Gasteiger partial charge in [0.05, 0.1) is 11.7 Å². The van der Waals surface area contributed by atoms with Gasteiger partial charge in [-0.1, -0.05) is 31.5 Å². The minimum atomic E-state index is -0.325. The normalized spacial score (nSPS) is 17.4. The van der Waals surface area contributed by atoms with Crippen molar-refractivity contribution < 1.29 is 18.8 Å². The van der Waals surface area contributed by atoms with Crippen molar-refractivity contribution in [2.45, 2.75) is 33.4 Å². The van der Waals surface area contributed by atoms with Gasteiger partial charge in [0.1, 0.15) is 17.2 Å². The van der Waals surface area contributed by atoms with Gasteiger partial charge in [0.25, 0.3) is 0 Å². The molecule has 2 aliphatic rings. The lowest BCUT2D eigenvalue weighted by molar-refractivity contribution is -0.113. The Morgan fingerprint density at radius 2 is 1.87 bits per heavy atom. The summed E-state index contributed by atoms with van der Waals surface area (Å²) in [5.74, 6) is 11.7. The molecule has 11 nitrogen and oxygen atoms in total. The number of Topliss-reactive ketones (excluding diaryl/α,β-unsaturated/α-hetero) is 1. The Labute approximate surface area is 233 Å². The van der Waals surface area contributed by atoms with Crippen molar-refractivity contribution in [3.63, 3.8) is 0 Å². The molecule has 1 aliphatic heterocycles. The molecule has 4 rings (SSSR count). The van der Waals surface area contributed by atoms with Crippen molar-refractivity contribution in [1.82, 2.24) is 20.7 Å². The number of nitrogens with two attached hydrogens (primary N) is 2. The minimum absolute atomic E-state index is 0.0916. The average Bonchev–Trinajstić information content (AvgIpc) is 3.32. The van der Waals surface area contributed by atoms with Gasteiger partial charge in [0, 0.05) is 53.9 Å². The first-order chi connectivity index (χ1) is 18.4. The molecule has 1 aliphatic carbocycles. The van der Waals surface area contributed by atoms with Crippen LogP contribution in [0.5, 0.6) is 0 Å². The third kappa shape index (κ3) is 6.75. The van der Waals surface area contributed by atoms with E-state index in [1.165, 1.54) is 0 Å². The van der Waals surface area contributed by atoms with Crippen LogP contribution in [0.15, 0.2) is 51.7 Å². The zero-order valence-electron chi connectivity index (χ0n) is 22.8. The number of carbonyl (C=O) groups is 3. The van der Waals surface area contributed by atoms with Crippen LogP contribution in [0.4, 0.5) is 5.69 Å². The van der Waals surface area contributed by atoms with E-state index < -0.39 is 0 Å². The number of benzene rings is 1. The Hall–Kier alpha value is -3.48. The molecule has 1 atom stereocenters. The summed E-state index contributed by atoms with van der Waals surface area (Å²) in [5.41, 5.74) is 4.88. The molecule has 0 radical (unpaired) electrons. The standard InChI is InChI=1S/C26H32ClN5O3.CH4N2O/c1-15-6-9-21(35-15)25-26(2,3)12-16-22(30-25)23(24(16)34)29-20-8-7-19(27)17(18(20)14-33)13-31(4)10-11-32(5)28;2-3-1-4/h6-9,12,14,25,29-30H,10-11,13,28H2,1-5H3;1H,2H2,(H,3,4)/t25-;/m0./s1. The number of carbonyl (C=O) groups excluding carboxylic acids is 3. The fourth-order valence-corrected chi connectivity index (χ4v) is 4.75.